The Bertz CT molecular complexity index is 1470. The maximum atomic E-state index is 13.5. The molecule has 0 bridgehead atoms. The van der Waals surface area contributed by atoms with Crippen LogP contribution in [-0.4, -0.2) is 19.0 Å². The Balaban J connectivity index is 1.57. The Morgan fingerprint density at radius 2 is 1.81 bits per heavy atom. The first-order valence-corrected chi connectivity index (χ1v) is 12.5. The summed E-state index contributed by atoms with van der Waals surface area (Å²) in [5.74, 6) is 0. The molecule has 0 aliphatic carbocycles. The molecule has 5 rings (SSSR count). The van der Waals surface area contributed by atoms with Crippen molar-refractivity contribution < 1.29 is 8.42 Å². The van der Waals surface area contributed by atoms with Crippen LogP contribution >= 0.6 is 22.9 Å². The van der Waals surface area contributed by atoms with E-state index in [4.69, 9.17) is 11.6 Å². The van der Waals surface area contributed by atoms with Crippen LogP contribution in [0.3, 0.4) is 0 Å². The molecule has 8 heteroatoms. The lowest BCUT2D eigenvalue weighted by Gasteiger charge is -2.24. The van der Waals surface area contributed by atoms with Gasteiger partial charge < -0.3 is 0 Å². The number of sulfonamides is 1. The fourth-order valence-electron chi connectivity index (χ4n) is 4.17. The van der Waals surface area contributed by atoms with E-state index in [0.717, 1.165) is 28.2 Å². The number of nitrogens with zero attached hydrogens (tertiary/aromatic N) is 2. The maximum Gasteiger partial charge on any atom is 0.308 e. The van der Waals surface area contributed by atoms with Gasteiger partial charge in [-0.05, 0) is 54.8 Å². The van der Waals surface area contributed by atoms with E-state index in [1.807, 2.05) is 49.4 Å². The number of para-hydroxylation sites is 1. The van der Waals surface area contributed by atoms with Gasteiger partial charge in [0.15, 0.2) is 0 Å². The van der Waals surface area contributed by atoms with Crippen LogP contribution < -0.4 is 9.18 Å². The Kier molecular flexibility index (Phi) is 4.92. The third-order valence-corrected chi connectivity index (χ3v) is 8.86. The van der Waals surface area contributed by atoms with Crippen molar-refractivity contribution in [2.45, 2.75) is 30.8 Å². The second-order valence-electron chi connectivity index (χ2n) is 7.66. The van der Waals surface area contributed by atoms with Crippen molar-refractivity contribution >= 4 is 48.9 Å². The molecule has 4 aromatic rings. The van der Waals surface area contributed by atoms with E-state index in [0.29, 0.717) is 28.2 Å². The minimum Gasteiger partial charge on any atom is -0.294 e. The molecule has 31 heavy (non-hydrogen) atoms. The van der Waals surface area contributed by atoms with Crippen molar-refractivity contribution in [1.82, 2.24) is 4.57 Å². The van der Waals surface area contributed by atoms with Crippen LogP contribution in [0.15, 0.2) is 76.4 Å². The molecule has 0 saturated heterocycles. The highest BCUT2D eigenvalue weighted by Gasteiger charge is 2.36. The molecule has 0 spiro atoms. The minimum atomic E-state index is -3.75. The molecule has 0 fully saturated rings. The standard InChI is InChI=1S/C23H19ClN2O3S2/c1-15-12-16-6-3-5-9-20(16)26(15)31(28,29)18-10-11-21-22(13-18)30-23(27)25(21)14-17-7-2-4-8-19(17)24/h2-11,13,15H,12,14H2,1H3/t15-/m1/s1. The average molecular weight is 471 g/mol. The molecular weight excluding hydrogens is 452 g/mol. The fraction of sp³-hybridized carbons (Fsp3) is 0.174. The molecule has 1 aromatic heterocycles. The summed E-state index contributed by atoms with van der Waals surface area (Å²) in [5, 5.41) is 0.592. The molecule has 0 unspecified atom stereocenters. The van der Waals surface area contributed by atoms with Gasteiger partial charge in [0.25, 0.3) is 10.0 Å². The Hall–Kier alpha value is -2.61. The van der Waals surface area contributed by atoms with Gasteiger partial charge in [-0.15, -0.1) is 0 Å². The van der Waals surface area contributed by atoms with Gasteiger partial charge >= 0.3 is 4.87 Å². The van der Waals surface area contributed by atoms with Gasteiger partial charge in [-0.25, -0.2) is 8.42 Å². The quantitative estimate of drug-likeness (QED) is 0.426. The van der Waals surface area contributed by atoms with Crippen molar-refractivity contribution in [2.24, 2.45) is 0 Å². The largest absolute Gasteiger partial charge is 0.308 e. The zero-order valence-corrected chi connectivity index (χ0v) is 19.0. The van der Waals surface area contributed by atoms with Crippen molar-refractivity contribution in [3.05, 3.63) is 92.5 Å². The number of rotatable bonds is 4. The predicted molar refractivity (Wildman–Crippen MR) is 126 cm³/mol. The number of hydrogen-bond donors (Lipinski definition) is 0. The number of fused-ring (bicyclic) bond motifs is 2. The number of aromatic nitrogens is 1. The molecule has 2 heterocycles. The monoisotopic (exact) mass is 470 g/mol. The van der Waals surface area contributed by atoms with E-state index in [1.165, 1.54) is 4.31 Å². The minimum absolute atomic E-state index is 0.149. The maximum absolute atomic E-state index is 13.5. The van der Waals surface area contributed by atoms with Crippen molar-refractivity contribution in [1.29, 1.82) is 0 Å². The summed E-state index contributed by atoms with van der Waals surface area (Å²) in [5.41, 5.74) is 3.28. The highest BCUT2D eigenvalue weighted by molar-refractivity contribution is 7.93. The van der Waals surface area contributed by atoms with Gasteiger partial charge in [-0.1, -0.05) is 59.3 Å². The average Bonchev–Trinajstić information content (AvgIpc) is 3.25. The Labute approximate surface area is 189 Å². The van der Waals surface area contributed by atoms with Crippen LogP contribution in [0.5, 0.6) is 0 Å². The number of hydrogen-bond acceptors (Lipinski definition) is 4. The first-order valence-electron chi connectivity index (χ1n) is 9.85. The third kappa shape index (κ3) is 3.37. The van der Waals surface area contributed by atoms with Crippen molar-refractivity contribution in [3.8, 4) is 0 Å². The van der Waals surface area contributed by atoms with Gasteiger partial charge in [0.05, 0.1) is 27.3 Å². The summed E-state index contributed by atoms with van der Waals surface area (Å²) in [6, 6.07) is 19.7. The lowest BCUT2D eigenvalue weighted by atomic mass is 10.1. The molecule has 158 valence electrons. The lowest BCUT2D eigenvalue weighted by Crippen LogP contribution is -2.35. The van der Waals surface area contributed by atoms with Crippen LogP contribution in [-0.2, 0) is 23.0 Å². The third-order valence-electron chi connectivity index (χ3n) is 5.63. The summed E-state index contributed by atoms with van der Waals surface area (Å²) in [4.78, 5) is 12.7. The SMILES string of the molecule is C[C@@H]1Cc2ccccc2N1S(=O)(=O)c1ccc2c(c1)sc(=O)n2Cc1ccccc1Cl. The number of benzene rings is 3. The van der Waals surface area contributed by atoms with Crippen molar-refractivity contribution in [3.63, 3.8) is 0 Å². The van der Waals surface area contributed by atoms with E-state index in [9.17, 15) is 13.2 Å². The zero-order valence-electron chi connectivity index (χ0n) is 16.7. The molecule has 3 aromatic carbocycles. The van der Waals surface area contributed by atoms with E-state index < -0.39 is 10.0 Å². The fourth-order valence-corrected chi connectivity index (χ4v) is 7.09. The van der Waals surface area contributed by atoms with Crippen LogP contribution in [0.4, 0.5) is 5.69 Å². The topological polar surface area (TPSA) is 59.4 Å². The highest BCUT2D eigenvalue weighted by Crippen LogP contribution is 2.37. The normalized spacial score (nSPS) is 16.1. The highest BCUT2D eigenvalue weighted by atomic mass is 35.5. The van der Waals surface area contributed by atoms with Crippen LogP contribution in [0.2, 0.25) is 5.02 Å². The van der Waals surface area contributed by atoms with Crippen LogP contribution in [0, 0.1) is 0 Å². The number of halogens is 1. The molecule has 0 N–H and O–H groups in total. The summed E-state index contributed by atoms with van der Waals surface area (Å²) in [7, 11) is -3.75. The summed E-state index contributed by atoms with van der Waals surface area (Å²) in [6.07, 6.45) is 0.680. The summed E-state index contributed by atoms with van der Waals surface area (Å²) < 4.78 is 30.8. The van der Waals surface area contributed by atoms with Gasteiger partial charge in [-0.2, -0.15) is 0 Å². The van der Waals surface area contributed by atoms with Crippen LogP contribution in [0.1, 0.15) is 18.1 Å². The molecule has 1 aliphatic heterocycles. The molecular formula is C23H19ClN2O3S2. The van der Waals surface area contributed by atoms with E-state index in [-0.39, 0.29) is 15.8 Å². The summed E-state index contributed by atoms with van der Waals surface area (Å²) in [6.45, 7) is 2.25. The van der Waals surface area contributed by atoms with Crippen molar-refractivity contribution in [2.75, 3.05) is 4.31 Å². The second-order valence-corrected chi connectivity index (χ2v) is 10.9. The zero-order chi connectivity index (χ0) is 21.8. The first kappa shape index (κ1) is 20.3. The molecule has 0 radical (unpaired) electrons. The Morgan fingerprint density at radius 1 is 1.06 bits per heavy atom. The molecule has 1 atom stereocenters. The van der Waals surface area contributed by atoms with Gasteiger partial charge in [0, 0.05) is 11.1 Å². The van der Waals surface area contributed by atoms with Gasteiger partial charge in [0.1, 0.15) is 0 Å². The van der Waals surface area contributed by atoms with E-state index >= 15 is 0 Å². The Morgan fingerprint density at radius 3 is 2.61 bits per heavy atom. The molecule has 5 nitrogen and oxygen atoms in total. The van der Waals surface area contributed by atoms with Gasteiger partial charge in [0.2, 0.25) is 0 Å². The molecule has 0 saturated carbocycles. The van der Waals surface area contributed by atoms with E-state index in [2.05, 4.69) is 0 Å². The first-order chi connectivity index (χ1) is 14.9. The van der Waals surface area contributed by atoms with E-state index in [1.54, 1.807) is 28.8 Å². The van der Waals surface area contributed by atoms with Crippen LogP contribution in [0.25, 0.3) is 10.2 Å². The summed E-state index contributed by atoms with van der Waals surface area (Å²) >= 11 is 7.30. The predicted octanol–water partition coefficient (Wildman–Crippen LogP) is 4.90. The second kappa shape index (κ2) is 7.51. The molecule has 1 aliphatic rings. The number of anilines is 1. The lowest BCUT2D eigenvalue weighted by molar-refractivity contribution is 0.584. The smallest absolute Gasteiger partial charge is 0.294 e. The van der Waals surface area contributed by atoms with Gasteiger partial charge in [-0.3, -0.25) is 13.7 Å². The number of thiazole rings is 1. The molecule has 0 amide bonds.